The SMILES string of the molecule is CN(C)/C=N/OCc1ccccc1. The second-order valence-electron chi connectivity index (χ2n) is 2.94. The Morgan fingerprint density at radius 3 is 2.62 bits per heavy atom. The third kappa shape index (κ3) is 4.15. The van der Waals surface area contributed by atoms with Gasteiger partial charge in [0.25, 0.3) is 0 Å². The molecule has 0 aliphatic rings. The molecule has 0 unspecified atom stereocenters. The summed E-state index contributed by atoms with van der Waals surface area (Å²) in [5, 5.41) is 3.77. The lowest BCUT2D eigenvalue weighted by molar-refractivity contribution is 0.129. The zero-order chi connectivity index (χ0) is 9.52. The van der Waals surface area contributed by atoms with Gasteiger partial charge in [0, 0.05) is 14.1 Å². The average Bonchev–Trinajstić information content (AvgIpc) is 2.14. The Morgan fingerprint density at radius 1 is 1.31 bits per heavy atom. The van der Waals surface area contributed by atoms with Crippen molar-refractivity contribution in [2.75, 3.05) is 14.1 Å². The van der Waals surface area contributed by atoms with Gasteiger partial charge in [0.15, 0.2) is 0 Å². The fourth-order valence-electron chi connectivity index (χ4n) is 0.814. The number of benzene rings is 1. The summed E-state index contributed by atoms with van der Waals surface area (Å²) in [5.41, 5.74) is 1.12. The van der Waals surface area contributed by atoms with Crippen molar-refractivity contribution in [1.29, 1.82) is 0 Å². The lowest BCUT2D eigenvalue weighted by atomic mass is 10.2. The predicted octanol–water partition coefficient (Wildman–Crippen LogP) is 1.71. The number of rotatable bonds is 4. The van der Waals surface area contributed by atoms with Crippen LogP contribution in [0.1, 0.15) is 5.56 Å². The van der Waals surface area contributed by atoms with Crippen LogP contribution in [0.25, 0.3) is 0 Å². The average molecular weight is 178 g/mol. The van der Waals surface area contributed by atoms with Gasteiger partial charge in [-0.05, 0) is 5.56 Å². The number of hydrogen-bond acceptors (Lipinski definition) is 2. The molecule has 70 valence electrons. The van der Waals surface area contributed by atoms with E-state index in [0.29, 0.717) is 6.61 Å². The normalized spacial score (nSPS) is 10.3. The van der Waals surface area contributed by atoms with Gasteiger partial charge >= 0.3 is 0 Å². The molecule has 0 saturated heterocycles. The van der Waals surface area contributed by atoms with Gasteiger partial charge in [-0.25, -0.2) is 0 Å². The summed E-state index contributed by atoms with van der Waals surface area (Å²) in [5.74, 6) is 0. The fourth-order valence-corrected chi connectivity index (χ4v) is 0.814. The van der Waals surface area contributed by atoms with E-state index in [1.54, 1.807) is 6.34 Å². The van der Waals surface area contributed by atoms with Crippen molar-refractivity contribution in [3.05, 3.63) is 35.9 Å². The first-order valence-electron chi connectivity index (χ1n) is 4.15. The van der Waals surface area contributed by atoms with Gasteiger partial charge in [0.1, 0.15) is 12.9 Å². The van der Waals surface area contributed by atoms with Crippen LogP contribution in [-0.4, -0.2) is 25.3 Å². The molecule has 0 fully saturated rings. The van der Waals surface area contributed by atoms with Crippen LogP contribution in [0.4, 0.5) is 0 Å². The maximum Gasteiger partial charge on any atom is 0.142 e. The van der Waals surface area contributed by atoms with Crippen molar-refractivity contribution in [3.63, 3.8) is 0 Å². The smallest absolute Gasteiger partial charge is 0.142 e. The molecule has 0 aromatic heterocycles. The molecule has 1 aromatic carbocycles. The molecule has 0 heterocycles. The number of nitrogens with zero attached hydrogens (tertiary/aromatic N) is 2. The standard InChI is InChI=1S/C10H14N2O/c1-12(2)9-11-13-8-10-6-4-3-5-7-10/h3-7,9H,8H2,1-2H3/b11-9+. The van der Waals surface area contributed by atoms with E-state index in [1.807, 2.05) is 49.3 Å². The molecule has 0 aliphatic heterocycles. The highest BCUT2D eigenvalue weighted by atomic mass is 16.6. The summed E-state index contributed by atoms with van der Waals surface area (Å²) < 4.78 is 0. The van der Waals surface area contributed by atoms with E-state index in [-0.39, 0.29) is 0 Å². The summed E-state index contributed by atoms with van der Waals surface area (Å²) in [6.45, 7) is 0.519. The maximum absolute atomic E-state index is 5.06. The molecule has 1 aromatic rings. The minimum Gasteiger partial charge on any atom is -0.390 e. The minimum atomic E-state index is 0.519. The third-order valence-corrected chi connectivity index (χ3v) is 1.43. The van der Waals surface area contributed by atoms with E-state index in [0.717, 1.165) is 5.56 Å². The van der Waals surface area contributed by atoms with E-state index in [1.165, 1.54) is 0 Å². The van der Waals surface area contributed by atoms with Crippen molar-refractivity contribution in [1.82, 2.24) is 4.90 Å². The highest BCUT2D eigenvalue weighted by molar-refractivity contribution is 5.52. The van der Waals surface area contributed by atoms with Gasteiger partial charge in [0.2, 0.25) is 0 Å². The lowest BCUT2D eigenvalue weighted by Crippen LogP contribution is -2.07. The Bertz CT molecular complexity index is 257. The molecule has 0 bridgehead atoms. The quantitative estimate of drug-likeness (QED) is 0.398. The van der Waals surface area contributed by atoms with Gasteiger partial charge in [-0.3, -0.25) is 0 Å². The van der Waals surface area contributed by atoms with Gasteiger partial charge < -0.3 is 9.74 Å². The van der Waals surface area contributed by atoms with Crippen LogP contribution in [-0.2, 0) is 11.4 Å². The molecule has 0 aliphatic carbocycles. The molecule has 0 spiro atoms. The monoisotopic (exact) mass is 178 g/mol. The first kappa shape index (κ1) is 9.58. The van der Waals surface area contributed by atoms with Crippen LogP contribution in [0.15, 0.2) is 35.5 Å². The second kappa shape index (κ2) is 5.19. The van der Waals surface area contributed by atoms with Crippen molar-refractivity contribution in [3.8, 4) is 0 Å². The third-order valence-electron chi connectivity index (χ3n) is 1.43. The van der Waals surface area contributed by atoms with Gasteiger partial charge in [-0.2, -0.15) is 0 Å². The molecule has 0 amide bonds. The van der Waals surface area contributed by atoms with E-state index >= 15 is 0 Å². The van der Waals surface area contributed by atoms with E-state index in [9.17, 15) is 0 Å². The highest BCUT2D eigenvalue weighted by Crippen LogP contribution is 1.99. The van der Waals surface area contributed by atoms with Crippen LogP contribution in [0, 0.1) is 0 Å². The number of oxime groups is 1. The van der Waals surface area contributed by atoms with Crippen molar-refractivity contribution in [2.45, 2.75) is 6.61 Å². The zero-order valence-corrected chi connectivity index (χ0v) is 7.97. The maximum atomic E-state index is 5.06. The summed E-state index contributed by atoms with van der Waals surface area (Å²) in [7, 11) is 3.80. The topological polar surface area (TPSA) is 24.8 Å². The Labute approximate surface area is 78.6 Å². The first-order valence-corrected chi connectivity index (χ1v) is 4.15. The largest absolute Gasteiger partial charge is 0.390 e. The molecule has 0 atom stereocenters. The van der Waals surface area contributed by atoms with E-state index in [2.05, 4.69) is 5.16 Å². The van der Waals surface area contributed by atoms with Crippen LogP contribution >= 0.6 is 0 Å². The van der Waals surface area contributed by atoms with Crippen molar-refractivity contribution in [2.24, 2.45) is 5.16 Å². The second-order valence-corrected chi connectivity index (χ2v) is 2.94. The molecule has 3 nitrogen and oxygen atoms in total. The fraction of sp³-hybridized carbons (Fsp3) is 0.300. The summed E-state index contributed by atoms with van der Waals surface area (Å²) >= 11 is 0. The summed E-state index contributed by atoms with van der Waals surface area (Å²) in [6.07, 6.45) is 1.63. The molecular formula is C10H14N2O. The Morgan fingerprint density at radius 2 is 2.00 bits per heavy atom. The van der Waals surface area contributed by atoms with Crippen molar-refractivity contribution >= 4 is 6.34 Å². The highest BCUT2D eigenvalue weighted by Gasteiger charge is 1.88. The minimum absolute atomic E-state index is 0.519. The molecular weight excluding hydrogens is 164 g/mol. The number of hydrogen-bond donors (Lipinski definition) is 0. The van der Waals surface area contributed by atoms with Gasteiger partial charge in [-0.1, -0.05) is 35.5 Å². The van der Waals surface area contributed by atoms with E-state index < -0.39 is 0 Å². The predicted molar refractivity (Wildman–Crippen MR) is 53.4 cm³/mol. The van der Waals surface area contributed by atoms with Crippen LogP contribution in [0.2, 0.25) is 0 Å². The first-order chi connectivity index (χ1) is 6.29. The van der Waals surface area contributed by atoms with Crippen LogP contribution in [0.5, 0.6) is 0 Å². The molecule has 13 heavy (non-hydrogen) atoms. The zero-order valence-electron chi connectivity index (χ0n) is 7.97. The Balaban J connectivity index is 2.28. The van der Waals surface area contributed by atoms with Crippen LogP contribution in [0.3, 0.4) is 0 Å². The molecule has 1 rings (SSSR count). The molecule has 0 N–H and O–H groups in total. The van der Waals surface area contributed by atoms with Gasteiger partial charge in [-0.15, -0.1) is 0 Å². The summed E-state index contributed by atoms with van der Waals surface area (Å²) in [6, 6.07) is 9.95. The Kier molecular flexibility index (Phi) is 3.82. The van der Waals surface area contributed by atoms with Gasteiger partial charge in [0.05, 0.1) is 0 Å². The lowest BCUT2D eigenvalue weighted by Gasteiger charge is -2.02. The van der Waals surface area contributed by atoms with Crippen LogP contribution < -0.4 is 0 Å². The molecule has 3 heteroatoms. The van der Waals surface area contributed by atoms with Crippen molar-refractivity contribution < 1.29 is 4.84 Å². The molecule has 0 saturated carbocycles. The Hall–Kier alpha value is -1.51. The van der Waals surface area contributed by atoms with E-state index in [4.69, 9.17) is 4.84 Å². The summed E-state index contributed by atoms with van der Waals surface area (Å²) in [4.78, 5) is 6.88. The molecule has 0 radical (unpaired) electrons.